The predicted octanol–water partition coefficient (Wildman–Crippen LogP) is 5.20. The first kappa shape index (κ1) is 11.7. The van der Waals surface area contributed by atoms with E-state index in [1.165, 1.54) is 30.4 Å². The lowest BCUT2D eigenvalue weighted by Crippen LogP contribution is -2.10. The fourth-order valence-electron chi connectivity index (χ4n) is 2.35. The first-order chi connectivity index (χ1) is 7.58. The normalized spacial score (nSPS) is 16.9. The molecule has 0 amide bonds. The highest BCUT2D eigenvalue weighted by Gasteiger charge is 2.21. The molecule has 0 aliphatic heterocycles. The maximum absolute atomic E-state index is 2.44. The minimum Gasteiger partial charge on any atom is -0.0587 e. The van der Waals surface area contributed by atoms with Crippen LogP contribution in [-0.4, -0.2) is 0 Å². The van der Waals surface area contributed by atoms with Crippen molar-refractivity contribution in [1.29, 1.82) is 0 Å². The van der Waals surface area contributed by atoms with Crippen LogP contribution in [0.25, 0.3) is 0 Å². The van der Waals surface area contributed by atoms with Crippen molar-refractivity contribution in [3.8, 4) is 0 Å². The molecule has 1 fully saturated rings. The second-order valence-electron chi connectivity index (χ2n) is 5.87. The van der Waals surface area contributed by atoms with Gasteiger partial charge in [0.2, 0.25) is 0 Å². The molecular formula is C16H24. The zero-order valence-electron chi connectivity index (χ0n) is 11.1. The Kier molecular flexibility index (Phi) is 3.37. The second kappa shape index (κ2) is 4.61. The molecule has 0 nitrogen and oxygen atoms in total. The third-order valence-corrected chi connectivity index (χ3v) is 3.91. The van der Waals surface area contributed by atoms with Crippen molar-refractivity contribution in [1.82, 2.24) is 0 Å². The van der Waals surface area contributed by atoms with Gasteiger partial charge in [0.25, 0.3) is 0 Å². The Balaban J connectivity index is 2.36. The van der Waals surface area contributed by atoms with E-state index in [1.807, 2.05) is 0 Å². The molecule has 0 spiro atoms. The molecule has 0 aromatic heterocycles. The lowest BCUT2D eigenvalue weighted by Gasteiger charge is -2.27. The van der Waals surface area contributed by atoms with Crippen molar-refractivity contribution in [2.75, 3.05) is 0 Å². The van der Waals surface area contributed by atoms with Crippen LogP contribution in [0.1, 0.15) is 81.4 Å². The van der Waals surface area contributed by atoms with Gasteiger partial charge in [-0.1, -0.05) is 52.3 Å². The largest absolute Gasteiger partial charge is 0.0587 e. The first-order valence-corrected chi connectivity index (χ1v) is 6.72. The van der Waals surface area contributed by atoms with Crippen LogP contribution in [0.4, 0.5) is 0 Å². The van der Waals surface area contributed by atoms with Gasteiger partial charge in [0, 0.05) is 0 Å². The molecule has 0 unspecified atom stereocenters. The highest BCUT2D eigenvalue weighted by Crippen LogP contribution is 2.38. The second-order valence-corrected chi connectivity index (χ2v) is 5.87. The quantitative estimate of drug-likeness (QED) is 0.651. The summed E-state index contributed by atoms with van der Waals surface area (Å²) in [6.45, 7) is 9.18. The minimum absolute atomic E-state index is 0.650. The summed E-state index contributed by atoms with van der Waals surface area (Å²) in [5, 5.41) is 0. The molecule has 1 aromatic rings. The van der Waals surface area contributed by atoms with Gasteiger partial charge in [-0.15, -0.1) is 0 Å². The summed E-state index contributed by atoms with van der Waals surface area (Å²) in [7, 11) is 0. The number of hydrogen-bond donors (Lipinski definition) is 0. The average Bonchev–Trinajstić information content (AvgIpc) is 2.14. The van der Waals surface area contributed by atoms with Crippen LogP contribution >= 0.6 is 0 Å². The van der Waals surface area contributed by atoms with E-state index in [1.54, 1.807) is 5.56 Å². The summed E-state index contributed by atoms with van der Waals surface area (Å²) in [6.07, 6.45) is 4.23. The van der Waals surface area contributed by atoms with Gasteiger partial charge in [0.15, 0.2) is 0 Å². The van der Waals surface area contributed by atoms with Crippen molar-refractivity contribution in [3.05, 3.63) is 34.9 Å². The van der Waals surface area contributed by atoms with Crippen LogP contribution < -0.4 is 0 Å². The molecule has 0 N–H and O–H groups in total. The summed E-state index contributed by atoms with van der Waals surface area (Å²) >= 11 is 0. The van der Waals surface area contributed by atoms with E-state index in [-0.39, 0.29) is 0 Å². The summed E-state index contributed by atoms with van der Waals surface area (Å²) in [5.74, 6) is 2.16. The van der Waals surface area contributed by atoms with Gasteiger partial charge in [-0.25, -0.2) is 0 Å². The van der Waals surface area contributed by atoms with E-state index in [9.17, 15) is 0 Å². The molecule has 0 heterocycles. The van der Waals surface area contributed by atoms with E-state index in [0.717, 1.165) is 5.92 Å². The van der Waals surface area contributed by atoms with Gasteiger partial charge in [-0.2, -0.15) is 0 Å². The van der Waals surface area contributed by atoms with Crippen LogP contribution in [0, 0.1) is 0 Å². The van der Waals surface area contributed by atoms with Crippen molar-refractivity contribution < 1.29 is 0 Å². The van der Waals surface area contributed by atoms with Gasteiger partial charge >= 0.3 is 0 Å². The summed E-state index contributed by atoms with van der Waals surface area (Å²) in [4.78, 5) is 0. The average molecular weight is 216 g/mol. The summed E-state index contributed by atoms with van der Waals surface area (Å²) in [5.41, 5.74) is 4.64. The molecule has 0 saturated heterocycles. The van der Waals surface area contributed by atoms with Gasteiger partial charge < -0.3 is 0 Å². The van der Waals surface area contributed by atoms with E-state index >= 15 is 0 Å². The molecule has 16 heavy (non-hydrogen) atoms. The SMILES string of the molecule is CC(C)c1cc(C(C)C)cc(C2CCC2)c1. The van der Waals surface area contributed by atoms with Gasteiger partial charge in [-0.3, -0.25) is 0 Å². The molecule has 1 aromatic carbocycles. The standard InChI is InChI=1S/C16H24/c1-11(2)14-8-15(12(3)4)10-16(9-14)13-6-5-7-13/h8-13H,5-7H2,1-4H3. The molecule has 1 aliphatic rings. The molecule has 88 valence electrons. The predicted molar refractivity (Wildman–Crippen MR) is 71.2 cm³/mol. The fraction of sp³-hybridized carbons (Fsp3) is 0.625. The monoisotopic (exact) mass is 216 g/mol. The third-order valence-electron chi connectivity index (χ3n) is 3.91. The van der Waals surface area contributed by atoms with E-state index in [0.29, 0.717) is 11.8 Å². The molecule has 1 aliphatic carbocycles. The smallest absolute Gasteiger partial charge is 0.0162 e. The van der Waals surface area contributed by atoms with Crippen molar-refractivity contribution in [2.24, 2.45) is 0 Å². The Morgan fingerprint density at radius 3 is 1.69 bits per heavy atom. The summed E-state index contributed by atoms with van der Waals surface area (Å²) in [6, 6.07) is 7.29. The molecule has 0 bridgehead atoms. The van der Waals surface area contributed by atoms with E-state index < -0.39 is 0 Å². The van der Waals surface area contributed by atoms with E-state index in [4.69, 9.17) is 0 Å². The Morgan fingerprint density at radius 2 is 1.38 bits per heavy atom. The molecule has 0 heteroatoms. The fourth-order valence-corrected chi connectivity index (χ4v) is 2.35. The Hall–Kier alpha value is -0.780. The van der Waals surface area contributed by atoms with Crippen LogP contribution in [0.5, 0.6) is 0 Å². The lowest BCUT2D eigenvalue weighted by atomic mass is 9.78. The lowest BCUT2D eigenvalue weighted by molar-refractivity contribution is 0.419. The van der Waals surface area contributed by atoms with Gasteiger partial charge in [-0.05, 0) is 47.3 Å². The molecule has 0 atom stereocenters. The highest BCUT2D eigenvalue weighted by atomic mass is 14.3. The van der Waals surface area contributed by atoms with Crippen molar-refractivity contribution in [2.45, 2.75) is 64.7 Å². The van der Waals surface area contributed by atoms with Gasteiger partial charge in [0.1, 0.15) is 0 Å². The van der Waals surface area contributed by atoms with E-state index in [2.05, 4.69) is 45.9 Å². The maximum atomic E-state index is 2.44. The van der Waals surface area contributed by atoms with Gasteiger partial charge in [0.05, 0.1) is 0 Å². The van der Waals surface area contributed by atoms with Crippen LogP contribution in [0.2, 0.25) is 0 Å². The minimum atomic E-state index is 0.650. The van der Waals surface area contributed by atoms with Crippen molar-refractivity contribution in [3.63, 3.8) is 0 Å². The molecular weight excluding hydrogens is 192 g/mol. The Morgan fingerprint density at radius 1 is 0.875 bits per heavy atom. The molecule has 0 radical (unpaired) electrons. The number of hydrogen-bond acceptors (Lipinski definition) is 0. The Bertz CT molecular complexity index is 330. The first-order valence-electron chi connectivity index (χ1n) is 6.72. The highest BCUT2D eigenvalue weighted by molar-refractivity contribution is 5.36. The maximum Gasteiger partial charge on any atom is -0.0162 e. The molecule has 2 rings (SSSR count). The van der Waals surface area contributed by atoms with Crippen LogP contribution in [-0.2, 0) is 0 Å². The zero-order valence-corrected chi connectivity index (χ0v) is 11.1. The zero-order chi connectivity index (χ0) is 11.7. The van der Waals surface area contributed by atoms with Crippen molar-refractivity contribution >= 4 is 0 Å². The van der Waals surface area contributed by atoms with Crippen LogP contribution in [0.15, 0.2) is 18.2 Å². The number of benzene rings is 1. The number of rotatable bonds is 3. The molecule has 1 saturated carbocycles. The Labute approximate surface area is 100 Å². The summed E-state index contributed by atoms with van der Waals surface area (Å²) < 4.78 is 0. The van der Waals surface area contributed by atoms with Crippen LogP contribution in [0.3, 0.4) is 0 Å². The topological polar surface area (TPSA) is 0 Å². The third kappa shape index (κ3) is 2.31.